The molecule has 2 aromatic carbocycles. The van der Waals surface area contributed by atoms with Gasteiger partial charge in [-0.1, -0.05) is 72.8 Å². The van der Waals surface area contributed by atoms with E-state index in [-0.39, 0.29) is 28.7 Å². The van der Waals surface area contributed by atoms with E-state index in [4.69, 9.17) is 22.1 Å². The summed E-state index contributed by atoms with van der Waals surface area (Å²) in [7, 11) is 1.52. The molecule has 2 heterocycles. The van der Waals surface area contributed by atoms with Gasteiger partial charge in [-0.25, -0.2) is 0 Å². The van der Waals surface area contributed by atoms with E-state index in [1.165, 1.54) is 30.2 Å². The number of aromatic nitrogens is 2. The second-order valence-electron chi connectivity index (χ2n) is 10.9. The van der Waals surface area contributed by atoms with E-state index in [0.717, 1.165) is 16.8 Å². The van der Waals surface area contributed by atoms with Crippen LogP contribution >= 0.6 is 34.7 Å². The number of halogens is 1. The van der Waals surface area contributed by atoms with E-state index < -0.39 is 5.92 Å². The largest absolute Gasteiger partial charge is 0.495 e. The summed E-state index contributed by atoms with van der Waals surface area (Å²) >= 11 is 8.63. The summed E-state index contributed by atoms with van der Waals surface area (Å²) in [6, 6.07) is 15.1. The van der Waals surface area contributed by atoms with Gasteiger partial charge in [0, 0.05) is 23.4 Å². The Morgan fingerprint density at radius 3 is 2.74 bits per heavy atom. The van der Waals surface area contributed by atoms with Gasteiger partial charge in [-0.05, 0) is 48.1 Å². The average molecular weight is 621 g/mol. The van der Waals surface area contributed by atoms with Crippen LogP contribution in [0.1, 0.15) is 43.7 Å². The van der Waals surface area contributed by atoms with Gasteiger partial charge in [0.15, 0.2) is 10.1 Å². The van der Waals surface area contributed by atoms with E-state index in [9.17, 15) is 14.9 Å². The lowest BCUT2D eigenvalue weighted by atomic mass is 9.68. The summed E-state index contributed by atoms with van der Waals surface area (Å²) in [5, 5.41) is 22.6. The summed E-state index contributed by atoms with van der Waals surface area (Å²) in [6.45, 7) is 6.06. The molecule has 12 heteroatoms. The first-order valence-electron chi connectivity index (χ1n) is 13.1. The predicted molar refractivity (Wildman–Crippen MR) is 166 cm³/mol. The lowest BCUT2D eigenvalue weighted by Gasteiger charge is -2.42. The molecule has 3 N–H and O–H groups in total. The van der Waals surface area contributed by atoms with Crippen LogP contribution in [0.3, 0.4) is 0 Å². The number of nitriles is 1. The third kappa shape index (κ3) is 5.75. The van der Waals surface area contributed by atoms with E-state index in [2.05, 4.69) is 21.6 Å². The number of anilines is 2. The normalized spacial score (nSPS) is 18.0. The van der Waals surface area contributed by atoms with Crippen LogP contribution in [-0.2, 0) is 9.59 Å². The summed E-state index contributed by atoms with van der Waals surface area (Å²) in [5.74, 6) is 0.0337. The van der Waals surface area contributed by atoms with Crippen LogP contribution in [0.25, 0.3) is 0 Å². The molecule has 0 radical (unpaired) electrons. The van der Waals surface area contributed by atoms with Crippen LogP contribution in [0, 0.1) is 23.7 Å². The highest BCUT2D eigenvalue weighted by atomic mass is 35.5. The lowest BCUT2D eigenvalue weighted by Crippen LogP contribution is -2.42. The van der Waals surface area contributed by atoms with Crippen LogP contribution in [0.5, 0.6) is 5.75 Å². The number of carbonyl (C=O) groups is 2. The maximum absolute atomic E-state index is 13.7. The Bertz CT molecular complexity index is 1690. The molecule has 1 aromatic heterocycles. The second-order valence-corrected chi connectivity index (χ2v) is 13.5. The third-order valence-electron chi connectivity index (χ3n) is 7.23. The molecule has 0 spiro atoms. The standard InChI is InChI=1S/C30H29ClN6O3S2/c1-16-7-5-6-8-18(16)25-19(14-32)27(33)37(21-12-30(2,3)13-22(38)26(21)25)28-35-36-29(42-28)41-15-24(39)34-17-9-10-23(40-4)20(31)11-17/h5-11,25H,12-13,15,33H2,1-4H3,(H,34,39). The molecule has 1 unspecified atom stereocenters. The number of aryl methyl sites for hydroxylation is 1. The van der Waals surface area contributed by atoms with Gasteiger partial charge in [0.05, 0.1) is 35.4 Å². The minimum Gasteiger partial charge on any atom is -0.495 e. The van der Waals surface area contributed by atoms with Crippen LogP contribution in [0.4, 0.5) is 10.8 Å². The number of benzene rings is 2. The number of nitrogens with one attached hydrogen (secondary N) is 1. The highest BCUT2D eigenvalue weighted by molar-refractivity contribution is 8.01. The molecule has 0 fully saturated rings. The summed E-state index contributed by atoms with van der Waals surface area (Å²) in [5.41, 5.74) is 10.4. The maximum atomic E-state index is 13.7. The Morgan fingerprint density at radius 1 is 1.29 bits per heavy atom. The third-order valence-corrected chi connectivity index (χ3v) is 9.57. The van der Waals surface area contributed by atoms with Crippen molar-refractivity contribution < 1.29 is 14.3 Å². The molecule has 1 aliphatic heterocycles. The number of methoxy groups -OCH3 is 1. The molecule has 0 bridgehead atoms. The lowest BCUT2D eigenvalue weighted by molar-refractivity contribution is -0.118. The van der Waals surface area contributed by atoms with Gasteiger partial charge >= 0.3 is 0 Å². The van der Waals surface area contributed by atoms with Crippen molar-refractivity contribution in [2.45, 2.75) is 43.9 Å². The van der Waals surface area contributed by atoms with Crippen molar-refractivity contribution >= 4 is 57.2 Å². The number of nitrogens with two attached hydrogens (primary N) is 1. The molecule has 1 atom stereocenters. The molecule has 2 aliphatic rings. The molecule has 3 aromatic rings. The van der Waals surface area contributed by atoms with Crippen LogP contribution in [0.2, 0.25) is 5.02 Å². The number of ketones is 1. The molecule has 1 amide bonds. The van der Waals surface area contributed by atoms with Gasteiger partial charge in [-0.3, -0.25) is 14.5 Å². The first kappa shape index (κ1) is 29.6. The van der Waals surface area contributed by atoms with Crippen molar-refractivity contribution in [3.63, 3.8) is 0 Å². The van der Waals surface area contributed by atoms with Crippen molar-refractivity contribution in [2.24, 2.45) is 11.1 Å². The first-order chi connectivity index (χ1) is 20.0. The Kier molecular flexibility index (Phi) is 8.32. The summed E-state index contributed by atoms with van der Waals surface area (Å²) in [4.78, 5) is 28.0. The number of rotatable bonds is 7. The highest BCUT2D eigenvalue weighted by Crippen LogP contribution is 2.51. The number of carbonyl (C=O) groups excluding carboxylic acids is 2. The number of allylic oxidation sites excluding steroid dienone is 3. The fourth-order valence-corrected chi connectivity index (χ4v) is 7.31. The van der Waals surface area contributed by atoms with Crippen LogP contribution < -0.4 is 20.7 Å². The zero-order valence-corrected chi connectivity index (χ0v) is 25.9. The maximum Gasteiger partial charge on any atom is 0.234 e. The fraction of sp³-hybridized carbons (Fsp3) is 0.300. The molecule has 216 valence electrons. The van der Waals surface area contributed by atoms with Crippen LogP contribution in [0.15, 0.2) is 69.5 Å². The summed E-state index contributed by atoms with van der Waals surface area (Å²) < 4.78 is 5.69. The SMILES string of the molecule is COc1ccc(NC(=O)CSc2nnc(N3C(N)=C(C#N)C(c4ccccc4C)C4=C3CC(C)(C)CC4=O)s2)cc1Cl. The molecule has 9 nitrogen and oxygen atoms in total. The van der Waals surface area contributed by atoms with E-state index >= 15 is 0 Å². The molecular formula is C30H29ClN6O3S2. The van der Waals surface area contributed by atoms with Crippen molar-refractivity contribution in [3.8, 4) is 11.8 Å². The molecule has 0 saturated heterocycles. The zero-order valence-electron chi connectivity index (χ0n) is 23.5. The Labute approximate surface area is 257 Å². The second kappa shape index (κ2) is 11.8. The van der Waals surface area contributed by atoms with Gasteiger partial charge in [-0.2, -0.15) is 5.26 Å². The first-order valence-corrected chi connectivity index (χ1v) is 15.3. The number of nitrogens with zero attached hydrogens (tertiary/aromatic N) is 4. The average Bonchev–Trinajstić information content (AvgIpc) is 3.39. The highest BCUT2D eigenvalue weighted by Gasteiger charge is 2.45. The number of Topliss-reactive ketones (excluding diaryl/α,β-unsaturated/α-hetero) is 1. The van der Waals surface area contributed by atoms with Gasteiger partial charge in [-0.15, -0.1) is 10.2 Å². The van der Waals surface area contributed by atoms with Crippen LogP contribution in [-0.4, -0.2) is 34.8 Å². The number of hydrogen-bond acceptors (Lipinski definition) is 10. The van der Waals surface area contributed by atoms with Gasteiger partial charge in [0.1, 0.15) is 11.6 Å². The molecule has 0 saturated carbocycles. The van der Waals surface area contributed by atoms with E-state index in [1.54, 1.807) is 23.1 Å². The van der Waals surface area contributed by atoms with Gasteiger partial charge in [0.25, 0.3) is 0 Å². The topological polar surface area (TPSA) is 134 Å². The summed E-state index contributed by atoms with van der Waals surface area (Å²) in [6.07, 6.45) is 0.942. The molecular weight excluding hydrogens is 592 g/mol. The smallest absolute Gasteiger partial charge is 0.234 e. The predicted octanol–water partition coefficient (Wildman–Crippen LogP) is 6.18. The Hall–Kier alpha value is -3.85. The molecule has 42 heavy (non-hydrogen) atoms. The monoisotopic (exact) mass is 620 g/mol. The molecule has 5 rings (SSSR count). The zero-order chi connectivity index (χ0) is 30.2. The quantitative estimate of drug-likeness (QED) is 0.297. The van der Waals surface area contributed by atoms with Crippen molar-refractivity contribution in [1.82, 2.24) is 10.2 Å². The van der Waals surface area contributed by atoms with E-state index in [1.807, 2.05) is 45.0 Å². The van der Waals surface area contributed by atoms with Gasteiger partial charge in [0.2, 0.25) is 11.0 Å². The van der Waals surface area contributed by atoms with Crippen molar-refractivity contribution in [3.05, 3.63) is 81.3 Å². The van der Waals surface area contributed by atoms with Gasteiger partial charge < -0.3 is 15.8 Å². The minimum absolute atomic E-state index is 0.00540. The van der Waals surface area contributed by atoms with E-state index in [0.29, 0.717) is 49.9 Å². The van der Waals surface area contributed by atoms with Crippen molar-refractivity contribution in [2.75, 3.05) is 23.1 Å². The number of amides is 1. The Morgan fingerprint density at radius 2 is 2.05 bits per heavy atom. The fourth-order valence-electron chi connectivity index (χ4n) is 5.37. The Balaban J connectivity index is 1.44. The number of thioether (sulfide) groups is 1. The molecule has 1 aliphatic carbocycles. The number of hydrogen-bond donors (Lipinski definition) is 2. The number of ether oxygens (including phenoxy) is 1. The minimum atomic E-state index is -0.553. The van der Waals surface area contributed by atoms with Crippen molar-refractivity contribution in [1.29, 1.82) is 5.26 Å².